The molecule has 0 radical (unpaired) electrons. The number of hydrogen-bond acceptors (Lipinski definition) is 2. The van der Waals surface area contributed by atoms with E-state index in [4.69, 9.17) is 0 Å². The van der Waals surface area contributed by atoms with E-state index < -0.39 is 0 Å². The lowest BCUT2D eigenvalue weighted by atomic mass is 10.1. The van der Waals surface area contributed by atoms with Gasteiger partial charge in [0.25, 0.3) is 0 Å². The van der Waals surface area contributed by atoms with E-state index in [9.17, 15) is 9.59 Å². The minimum absolute atomic E-state index is 0.0774. The van der Waals surface area contributed by atoms with E-state index in [1.165, 1.54) is 6.42 Å². The predicted octanol–water partition coefficient (Wildman–Crippen LogP) is 1.44. The number of amides is 3. The zero-order valence-corrected chi connectivity index (χ0v) is 11.6. The second-order valence-corrected chi connectivity index (χ2v) is 4.60. The molecule has 0 saturated carbocycles. The van der Waals surface area contributed by atoms with Crippen LogP contribution in [0.3, 0.4) is 0 Å². The normalized spacial score (nSPS) is 15.3. The number of carbonyl (C=O) groups is 2. The monoisotopic (exact) mass is 255 g/mol. The Hall–Kier alpha value is -1.26. The van der Waals surface area contributed by atoms with Crippen LogP contribution in [0, 0.1) is 0 Å². The summed E-state index contributed by atoms with van der Waals surface area (Å²) in [5, 5.41) is 2.79. The molecule has 18 heavy (non-hydrogen) atoms. The molecular formula is C13H25N3O2. The second-order valence-electron chi connectivity index (χ2n) is 4.60. The van der Waals surface area contributed by atoms with Crippen molar-refractivity contribution in [3.05, 3.63) is 0 Å². The number of nitrogens with zero attached hydrogens (tertiary/aromatic N) is 2. The Morgan fingerprint density at radius 3 is 2.28 bits per heavy atom. The van der Waals surface area contributed by atoms with E-state index in [0.717, 1.165) is 25.9 Å². The lowest BCUT2D eigenvalue weighted by Crippen LogP contribution is -2.42. The molecule has 0 unspecified atom stereocenters. The number of nitrogens with one attached hydrogen (secondary N) is 1. The smallest absolute Gasteiger partial charge is 0.317 e. The summed E-state index contributed by atoms with van der Waals surface area (Å²) in [5.41, 5.74) is 0. The summed E-state index contributed by atoms with van der Waals surface area (Å²) in [6, 6.07) is -0.0774. The molecule has 1 saturated heterocycles. The predicted molar refractivity (Wildman–Crippen MR) is 71.4 cm³/mol. The first-order chi connectivity index (χ1) is 8.69. The van der Waals surface area contributed by atoms with Crippen LogP contribution in [-0.4, -0.2) is 54.5 Å². The largest absolute Gasteiger partial charge is 0.343 e. The van der Waals surface area contributed by atoms with Crippen molar-refractivity contribution in [2.75, 3.05) is 32.7 Å². The molecule has 1 aliphatic heterocycles. The van der Waals surface area contributed by atoms with Crippen LogP contribution < -0.4 is 5.32 Å². The van der Waals surface area contributed by atoms with Crippen molar-refractivity contribution in [2.24, 2.45) is 0 Å². The Kier molecular flexibility index (Phi) is 6.54. The molecule has 5 nitrogen and oxygen atoms in total. The van der Waals surface area contributed by atoms with Crippen LogP contribution in [0.1, 0.15) is 39.5 Å². The summed E-state index contributed by atoms with van der Waals surface area (Å²) in [6.45, 7) is 7.48. The van der Waals surface area contributed by atoms with Crippen molar-refractivity contribution < 1.29 is 9.59 Å². The van der Waals surface area contributed by atoms with Crippen LogP contribution in [0.5, 0.6) is 0 Å². The molecule has 1 aliphatic rings. The van der Waals surface area contributed by atoms with Gasteiger partial charge in [-0.05, 0) is 33.1 Å². The Balaban J connectivity index is 2.20. The van der Waals surface area contributed by atoms with Crippen LogP contribution in [0.25, 0.3) is 0 Å². The highest BCUT2D eigenvalue weighted by Gasteiger charge is 2.16. The Labute approximate surface area is 110 Å². The first kappa shape index (κ1) is 14.8. The number of likely N-dealkylation sites (tertiary alicyclic amines) is 1. The third-order valence-electron chi connectivity index (χ3n) is 3.37. The maximum absolute atomic E-state index is 11.8. The van der Waals surface area contributed by atoms with Crippen LogP contribution >= 0.6 is 0 Å². The van der Waals surface area contributed by atoms with Crippen molar-refractivity contribution in [2.45, 2.75) is 39.5 Å². The molecule has 0 aromatic heterocycles. The van der Waals surface area contributed by atoms with Gasteiger partial charge in [0.15, 0.2) is 0 Å². The summed E-state index contributed by atoms with van der Waals surface area (Å²) >= 11 is 0. The van der Waals surface area contributed by atoms with Gasteiger partial charge in [0.2, 0.25) is 5.91 Å². The maximum Gasteiger partial charge on any atom is 0.317 e. The summed E-state index contributed by atoms with van der Waals surface area (Å²) in [4.78, 5) is 27.1. The minimum atomic E-state index is -0.0774. The molecule has 0 aliphatic carbocycles. The number of carbonyl (C=O) groups excluding carboxylic acids is 2. The van der Waals surface area contributed by atoms with Crippen molar-refractivity contribution in [1.29, 1.82) is 0 Å². The molecule has 0 bridgehead atoms. The van der Waals surface area contributed by atoms with Crippen molar-refractivity contribution in [3.63, 3.8) is 0 Å². The van der Waals surface area contributed by atoms with E-state index >= 15 is 0 Å². The topological polar surface area (TPSA) is 52.7 Å². The highest BCUT2D eigenvalue weighted by Crippen LogP contribution is 2.09. The molecule has 0 aromatic carbocycles. The van der Waals surface area contributed by atoms with Gasteiger partial charge in [-0.15, -0.1) is 0 Å². The fourth-order valence-corrected chi connectivity index (χ4v) is 2.20. The van der Waals surface area contributed by atoms with Gasteiger partial charge < -0.3 is 15.1 Å². The van der Waals surface area contributed by atoms with E-state index in [1.807, 2.05) is 18.7 Å². The highest BCUT2D eigenvalue weighted by atomic mass is 16.2. The third kappa shape index (κ3) is 4.55. The van der Waals surface area contributed by atoms with Gasteiger partial charge in [-0.25, -0.2) is 4.79 Å². The van der Waals surface area contributed by atoms with E-state index in [2.05, 4.69) is 5.32 Å². The fraction of sp³-hybridized carbons (Fsp3) is 0.846. The van der Waals surface area contributed by atoms with Gasteiger partial charge in [0.1, 0.15) is 0 Å². The molecule has 1 fully saturated rings. The Bertz CT molecular complexity index is 271. The molecule has 0 spiro atoms. The number of hydrogen-bond donors (Lipinski definition) is 1. The number of rotatable bonds is 5. The van der Waals surface area contributed by atoms with Gasteiger partial charge in [0, 0.05) is 39.1 Å². The van der Waals surface area contributed by atoms with Gasteiger partial charge >= 0.3 is 6.03 Å². The molecule has 104 valence electrons. The maximum atomic E-state index is 11.8. The van der Waals surface area contributed by atoms with Crippen molar-refractivity contribution >= 4 is 11.9 Å². The van der Waals surface area contributed by atoms with Crippen molar-refractivity contribution in [1.82, 2.24) is 15.1 Å². The van der Waals surface area contributed by atoms with Gasteiger partial charge in [-0.3, -0.25) is 4.79 Å². The number of urea groups is 1. The van der Waals surface area contributed by atoms with Gasteiger partial charge in [-0.2, -0.15) is 0 Å². The van der Waals surface area contributed by atoms with Crippen LogP contribution in [-0.2, 0) is 4.79 Å². The average molecular weight is 255 g/mol. The van der Waals surface area contributed by atoms with Crippen LogP contribution in [0.15, 0.2) is 0 Å². The van der Waals surface area contributed by atoms with E-state index in [1.54, 1.807) is 4.90 Å². The zero-order chi connectivity index (χ0) is 13.4. The summed E-state index contributed by atoms with van der Waals surface area (Å²) < 4.78 is 0. The van der Waals surface area contributed by atoms with Gasteiger partial charge in [-0.1, -0.05) is 0 Å². The summed E-state index contributed by atoms with van der Waals surface area (Å²) in [6.07, 6.45) is 3.85. The van der Waals surface area contributed by atoms with E-state index in [-0.39, 0.29) is 11.9 Å². The number of piperidine rings is 1. The molecule has 5 heteroatoms. The van der Waals surface area contributed by atoms with Crippen molar-refractivity contribution in [3.8, 4) is 0 Å². The summed E-state index contributed by atoms with van der Waals surface area (Å²) in [7, 11) is 0. The standard InChI is InChI=1S/C13H25N3O2/c1-3-15(4-2)13(18)14-9-8-12(17)16-10-6-5-7-11-16/h3-11H2,1-2H3,(H,14,18). The first-order valence-corrected chi connectivity index (χ1v) is 6.99. The Morgan fingerprint density at radius 1 is 1.11 bits per heavy atom. The second kappa shape index (κ2) is 7.95. The van der Waals surface area contributed by atoms with Crippen LogP contribution in [0.2, 0.25) is 0 Å². The molecule has 3 amide bonds. The fourth-order valence-electron chi connectivity index (χ4n) is 2.20. The third-order valence-corrected chi connectivity index (χ3v) is 3.37. The zero-order valence-electron chi connectivity index (χ0n) is 11.6. The molecule has 0 atom stereocenters. The van der Waals surface area contributed by atoms with Gasteiger partial charge in [0.05, 0.1) is 0 Å². The molecule has 0 aromatic rings. The summed E-state index contributed by atoms with van der Waals surface area (Å²) in [5.74, 6) is 0.162. The lowest BCUT2D eigenvalue weighted by Gasteiger charge is -2.27. The van der Waals surface area contributed by atoms with E-state index in [0.29, 0.717) is 26.1 Å². The molecule has 1 N–H and O–H groups in total. The molecule has 1 heterocycles. The highest BCUT2D eigenvalue weighted by molar-refractivity contribution is 5.78. The first-order valence-electron chi connectivity index (χ1n) is 6.99. The molecule has 1 rings (SSSR count). The minimum Gasteiger partial charge on any atom is -0.343 e. The van der Waals surface area contributed by atoms with Crippen LogP contribution in [0.4, 0.5) is 4.79 Å². The molecular weight excluding hydrogens is 230 g/mol. The lowest BCUT2D eigenvalue weighted by molar-refractivity contribution is -0.131. The average Bonchev–Trinajstić information content (AvgIpc) is 2.41. The SMILES string of the molecule is CCN(CC)C(=O)NCCC(=O)N1CCCCC1. The quantitative estimate of drug-likeness (QED) is 0.808. The Morgan fingerprint density at radius 2 is 1.72 bits per heavy atom.